The average Bonchev–Trinajstić information content (AvgIpc) is 2.50. The number of phenols is 1. The summed E-state index contributed by atoms with van der Waals surface area (Å²) in [5.74, 6) is 0.152. The number of sulfonamides is 1. The zero-order chi connectivity index (χ0) is 16.2. The van der Waals surface area contributed by atoms with Gasteiger partial charge in [-0.1, -0.05) is 24.6 Å². The summed E-state index contributed by atoms with van der Waals surface area (Å²) in [7, 11) is -3.69. The Morgan fingerprint density at radius 3 is 2.23 bits per heavy atom. The van der Waals surface area contributed by atoms with E-state index in [-0.39, 0.29) is 10.6 Å². The van der Waals surface area contributed by atoms with Crippen molar-refractivity contribution in [2.75, 3.05) is 0 Å². The fourth-order valence-electron chi connectivity index (χ4n) is 1.89. The molecule has 22 heavy (non-hydrogen) atoms. The van der Waals surface area contributed by atoms with Crippen LogP contribution < -0.4 is 4.83 Å². The molecule has 0 amide bonds. The van der Waals surface area contributed by atoms with Crippen molar-refractivity contribution in [3.63, 3.8) is 0 Å². The van der Waals surface area contributed by atoms with Crippen molar-refractivity contribution in [3.05, 3.63) is 59.7 Å². The Labute approximate surface area is 130 Å². The van der Waals surface area contributed by atoms with Crippen LogP contribution in [0.2, 0.25) is 0 Å². The molecule has 0 bridgehead atoms. The van der Waals surface area contributed by atoms with E-state index in [1.54, 1.807) is 36.4 Å². The molecular formula is C16H18N2O3S. The minimum atomic E-state index is -3.69. The summed E-state index contributed by atoms with van der Waals surface area (Å²) in [6.07, 6.45) is 0.557. The highest BCUT2D eigenvalue weighted by atomic mass is 32.2. The molecule has 0 aliphatic rings. The standard InChI is InChI=1S/C16H18N2O3S/c1-3-16(13-6-8-14(19)9-7-13)17-18-22(20,21)15-10-4-12(2)5-11-15/h4-11,18-19H,3H2,1-2H3. The van der Waals surface area contributed by atoms with Gasteiger partial charge in [-0.05, 0) is 55.3 Å². The number of aromatic hydroxyl groups is 1. The highest BCUT2D eigenvalue weighted by Crippen LogP contribution is 2.13. The first-order chi connectivity index (χ1) is 10.4. The number of nitrogens with one attached hydrogen (secondary N) is 1. The highest BCUT2D eigenvalue weighted by Gasteiger charge is 2.13. The summed E-state index contributed by atoms with van der Waals surface area (Å²) in [5, 5.41) is 13.3. The van der Waals surface area contributed by atoms with Gasteiger partial charge in [0.15, 0.2) is 0 Å². The number of hydrogen-bond acceptors (Lipinski definition) is 4. The third-order valence-corrected chi connectivity index (χ3v) is 4.39. The second kappa shape index (κ2) is 6.62. The van der Waals surface area contributed by atoms with Gasteiger partial charge in [-0.25, -0.2) is 0 Å². The van der Waals surface area contributed by atoms with Gasteiger partial charge >= 0.3 is 0 Å². The van der Waals surface area contributed by atoms with Crippen molar-refractivity contribution in [3.8, 4) is 5.75 Å². The highest BCUT2D eigenvalue weighted by molar-refractivity contribution is 7.89. The second-order valence-electron chi connectivity index (χ2n) is 4.87. The lowest BCUT2D eigenvalue weighted by molar-refractivity contribution is 0.475. The van der Waals surface area contributed by atoms with Crippen LogP contribution in [0.3, 0.4) is 0 Å². The molecule has 0 unspecified atom stereocenters. The zero-order valence-electron chi connectivity index (χ0n) is 12.4. The first kappa shape index (κ1) is 16.0. The lowest BCUT2D eigenvalue weighted by atomic mass is 10.1. The monoisotopic (exact) mass is 318 g/mol. The van der Waals surface area contributed by atoms with E-state index in [0.29, 0.717) is 12.1 Å². The lowest BCUT2D eigenvalue weighted by Crippen LogP contribution is -2.20. The topological polar surface area (TPSA) is 78.8 Å². The first-order valence-electron chi connectivity index (χ1n) is 6.87. The largest absolute Gasteiger partial charge is 0.508 e. The van der Waals surface area contributed by atoms with E-state index >= 15 is 0 Å². The van der Waals surface area contributed by atoms with E-state index in [9.17, 15) is 13.5 Å². The Balaban J connectivity index is 2.24. The number of hydrogen-bond donors (Lipinski definition) is 2. The maximum absolute atomic E-state index is 12.2. The molecule has 0 saturated heterocycles. The molecule has 2 aromatic rings. The number of aryl methyl sites for hydroxylation is 1. The van der Waals surface area contributed by atoms with Crippen molar-refractivity contribution >= 4 is 15.7 Å². The molecule has 6 heteroatoms. The van der Waals surface area contributed by atoms with Gasteiger partial charge in [0.25, 0.3) is 10.0 Å². The van der Waals surface area contributed by atoms with Crippen molar-refractivity contribution in [2.45, 2.75) is 25.2 Å². The molecule has 0 fully saturated rings. The van der Waals surface area contributed by atoms with Gasteiger partial charge in [-0.2, -0.15) is 18.4 Å². The predicted molar refractivity (Wildman–Crippen MR) is 86.4 cm³/mol. The van der Waals surface area contributed by atoms with Crippen molar-refractivity contribution in [2.24, 2.45) is 5.10 Å². The van der Waals surface area contributed by atoms with Crippen LogP contribution in [-0.2, 0) is 10.0 Å². The van der Waals surface area contributed by atoms with Crippen LogP contribution in [0.5, 0.6) is 5.75 Å². The van der Waals surface area contributed by atoms with E-state index in [4.69, 9.17) is 0 Å². The minimum absolute atomic E-state index is 0.152. The Morgan fingerprint density at radius 2 is 1.68 bits per heavy atom. The van der Waals surface area contributed by atoms with Gasteiger partial charge in [0.2, 0.25) is 0 Å². The number of hydrazone groups is 1. The molecule has 116 valence electrons. The van der Waals surface area contributed by atoms with Crippen molar-refractivity contribution < 1.29 is 13.5 Å². The molecule has 0 heterocycles. The molecule has 2 rings (SSSR count). The Bertz CT molecular complexity index is 764. The molecule has 2 N–H and O–H groups in total. The van der Waals surface area contributed by atoms with Crippen LogP contribution in [0.1, 0.15) is 24.5 Å². The van der Waals surface area contributed by atoms with Crippen LogP contribution >= 0.6 is 0 Å². The van der Waals surface area contributed by atoms with E-state index in [1.807, 2.05) is 13.8 Å². The third kappa shape index (κ3) is 3.85. The van der Waals surface area contributed by atoms with Crippen molar-refractivity contribution in [1.82, 2.24) is 4.83 Å². The Morgan fingerprint density at radius 1 is 1.09 bits per heavy atom. The van der Waals surface area contributed by atoms with Crippen molar-refractivity contribution in [1.29, 1.82) is 0 Å². The maximum atomic E-state index is 12.2. The van der Waals surface area contributed by atoms with Gasteiger partial charge in [0.05, 0.1) is 10.6 Å². The Hall–Kier alpha value is -2.34. The van der Waals surface area contributed by atoms with Gasteiger partial charge < -0.3 is 5.11 Å². The molecule has 0 atom stereocenters. The molecule has 0 aliphatic heterocycles. The summed E-state index contributed by atoms with van der Waals surface area (Å²) >= 11 is 0. The fourth-order valence-corrected chi connectivity index (χ4v) is 2.72. The molecular weight excluding hydrogens is 300 g/mol. The lowest BCUT2D eigenvalue weighted by Gasteiger charge is -2.07. The minimum Gasteiger partial charge on any atom is -0.508 e. The van der Waals surface area contributed by atoms with Gasteiger partial charge in [0, 0.05) is 0 Å². The average molecular weight is 318 g/mol. The quantitative estimate of drug-likeness (QED) is 0.657. The van der Waals surface area contributed by atoms with E-state index in [2.05, 4.69) is 9.93 Å². The zero-order valence-corrected chi connectivity index (χ0v) is 13.3. The summed E-state index contributed by atoms with van der Waals surface area (Å²) in [6, 6.07) is 13.0. The summed E-state index contributed by atoms with van der Waals surface area (Å²) < 4.78 is 24.4. The summed E-state index contributed by atoms with van der Waals surface area (Å²) in [6.45, 7) is 3.77. The van der Waals surface area contributed by atoms with Crippen LogP contribution in [0.25, 0.3) is 0 Å². The first-order valence-corrected chi connectivity index (χ1v) is 8.35. The fraction of sp³-hybridized carbons (Fsp3) is 0.188. The molecule has 0 saturated carbocycles. The summed E-state index contributed by atoms with van der Waals surface area (Å²) in [4.78, 5) is 2.43. The van der Waals surface area contributed by atoms with Crippen LogP contribution in [0.15, 0.2) is 58.5 Å². The number of phenolic OH excluding ortho intramolecular Hbond substituents is 1. The Kier molecular flexibility index (Phi) is 4.82. The van der Waals surface area contributed by atoms with Gasteiger partial charge in [-0.15, -0.1) is 0 Å². The molecule has 2 aromatic carbocycles. The number of nitrogens with zero attached hydrogens (tertiary/aromatic N) is 1. The van der Waals surface area contributed by atoms with Gasteiger partial charge in [-0.3, -0.25) is 0 Å². The molecule has 0 aromatic heterocycles. The van der Waals surface area contributed by atoms with Crippen LogP contribution in [-0.4, -0.2) is 19.2 Å². The number of benzene rings is 2. The van der Waals surface area contributed by atoms with Crippen LogP contribution in [0.4, 0.5) is 0 Å². The van der Waals surface area contributed by atoms with E-state index < -0.39 is 10.0 Å². The smallest absolute Gasteiger partial charge is 0.276 e. The third-order valence-electron chi connectivity index (χ3n) is 3.17. The molecule has 0 spiro atoms. The molecule has 5 nitrogen and oxygen atoms in total. The second-order valence-corrected chi connectivity index (χ2v) is 6.53. The van der Waals surface area contributed by atoms with Gasteiger partial charge in [0.1, 0.15) is 5.75 Å². The van der Waals surface area contributed by atoms with E-state index in [1.165, 1.54) is 12.1 Å². The summed E-state index contributed by atoms with van der Waals surface area (Å²) in [5.41, 5.74) is 2.34. The predicted octanol–water partition coefficient (Wildman–Crippen LogP) is 2.79. The van der Waals surface area contributed by atoms with Crippen LogP contribution in [0, 0.1) is 6.92 Å². The van der Waals surface area contributed by atoms with E-state index in [0.717, 1.165) is 11.1 Å². The SMILES string of the molecule is CCC(=NNS(=O)(=O)c1ccc(C)cc1)c1ccc(O)cc1. The molecule has 0 aliphatic carbocycles. The molecule has 0 radical (unpaired) electrons. The normalized spacial score (nSPS) is 12.2. The number of rotatable bonds is 5. The maximum Gasteiger partial charge on any atom is 0.276 e.